The number of hydrogen-bond donors (Lipinski definition) is 0. The van der Waals surface area contributed by atoms with Crippen molar-refractivity contribution in [3.8, 4) is 0 Å². The lowest BCUT2D eigenvalue weighted by molar-refractivity contribution is -0.113. The van der Waals surface area contributed by atoms with E-state index in [1.54, 1.807) is 0 Å². The normalized spacial score (nSPS) is 20.6. The van der Waals surface area contributed by atoms with Gasteiger partial charge in [0.25, 0.3) is 5.91 Å². The lowest BCUT2D eigenvalue weighted by atomic mass is 10.1. The van der Waals surface area contributed by atoms with E-state index in [1.165, 1.54) is 11.8 Å². The number of ether oxygens (including phenoxy) is 1. The molecule has 0 saturated carbocycles. The van der Waals surface area contributed by atoms with E-state index in [4.69, 9.17) is 9.15 Å². The SMILES string of the molecule is Cc1oc2ccccc2c1C=C1SC(N2CCOCC2)=NC1=O. The van der Waals surface area contributed by atoms with Gasteiger partial charge in [-0.05, 0) is 30.8 Å². The summed E-state index contributed by atoms with van der Waals surface area (Å²) in [6, 6.07) is 7.85. The number of amides is 1. The topological polar surface area (TPSA) is 55.0 Å². The minimum Gasteiger partial charge on any atom is -0.461 e. The smallest absolute Gasteiger partial charge is 0.286 e. The highest BCUT2D eigenvalue weighted by atomic mass is 32.2. The van der Waals surface area contributed by atoms with Crippen molar-refractivity contribution in [3.05, 3.63) is 40.5 Å². The van der Waals surface area contributed by atoms with Crippen LogP contribution in [0.2, 0.25) is 0 Å². The number of hydrogen-bond acceptors (Lipinski definition) is 5. The predicted molar refractivity (Wildman–Crippen MR) is 91.4 cm³/mol. The zero-order valence-electron chi connectivity index (χ0n) is 12.7. The number of rotatable bonds is 1. The summed E-state index contributed by atoms with van der Waals surface area (Å²) in [5, 5.41) is 1.79. The molecule has 5 nitrogen and oxygen atoms in total. The molecule has 118 valence electrons. The van der Waals surface area contributed by atoms with Gasteiger partial charge in [0.2, 0.25) is 0 Å². The summed E-state index contributed by atoms with van der Waals surface area (Å²) in [6.07, 6.45) is 1.89. The summed E-state index contributed by atoms with van der Waals surface area (Å²) < 4.78 is 11.1. The Bertz CT molecular complexity index is 831. The molecule has 1 aromatic carbocycles. The van der Waals surface area contributed by atoms with Crippen LogP contribution in [0, 0.1) is 6.92 Å². The van der Waals surface area contributed by atoms with Crippen LogP contribution in [0.3, 0.4) is 0 Å². The minimum absolute atomic E-state index is 0.179. The maximum atomic E-state index is 12.2. The summed E-state index contributed by atoms with van der Waals surface area (Å²) in [4.78, 5) is 19.2. The van der Waals surface area contributed by atoms with Crippen molar-refractivity contribution in [2.45, 2.75) is 6.92 Å². The maximum Gasteiger partial charge on any atom is 0.286 e. The molecule has 0 aliphatic carbocycles. The van der Waals surface area contributed by atoms with E-state index in [2.05, 4.69) is 9.89 Å². The lowest BCUT2D eigenvalue weighted by Gasteiger charge is -2.27. The molecular formula is C17H16N2O3S. The van der Waals surface area contributed by atoms with E-state index in [0.29, 0.717) is 18.1 Å². The Morgan fingerprint density at radius 3 is 2.87 bits per heavy atom. The Hall–Kier alpha value is -2.05. The van der Waals surface area contributed by atoms with Gasteiger partial charge in [-0.2, -0.15) is 4.99 Å². The van der Waals surface area contributed by atoms with Gasteiger partial charge >= 0.3 is 0 Å². The number of aryl methyl sites for hydroxylation is 1. The number of furan rings is 1. The van der Waals surface area contributed by atoms with E-state index >= 15 is 0 Å². The van der Waals surface area contributed by atoms with E-state index in [-0.39, 0.29) is 5.91 Å². The van der Waals surface area contributed by atoms with Crippen LogP contribution in [-0.4, -0.2) is 42.3 Å². The van der Waals surface area contributed by atoms with Crippen molar-refractivity contribution in [3.63, 3.8) is 0 Å². The third-order valence-electron chi connectivity index (χ3n) is 3.99. The Morgan fingerprint density at radius 2 is 2.04 bits per heavy atom. The van der Waals surface area contributed by atoms with E-state index in [9.17, 15) is 4.79 Å². The van der Waals surface area contributed by atoms with Crippen molar-refractivity contribution in [2.24, 2.45) is 4.99 Å². The maximum absolute atomic E-state index is 12.2. The number of para-hydroxylation sites is 1. The Morgan fingerprint density at radius 1 is 1.26 bits per heavy atom. The molecule has 23 heavy (non-hydrogen) atoms. The van der Waals surface area contributed by atoms with Gasteiger partial charge in [-0.1, -0.05) is 18.2 Å². The second-order valence-electron chi connectivity index (χ2n) is 5.48. The van der Waals surface area contributed by atoms with Crippen molar-refractivity contribution < 1.29 is 13.9 Å². The summed E-state index contributed by atoms with van der Waals surface area (Å²) in [7, 11) is 0. The zero-order chi connectivity index (χ0) is 15.8. The number of morpholine rings is 1. The van der Waals surface area contributed by atoms with Crippen LogP contribution in [0.5, 0.6) is 0 Å². The van der Waals surface area contributed by atoms with Crippen LogP contribution >= 0.6 is 11.8 Å². The van der Waals surface area contributed by atoms with Gasteiger partial charge in [0.1, 0.15) is 11.3 Å². The van der Waals surface area contributed by atoms with E-state index in [1.807, 2.05) is 37.3 Å². The summed E-state index contributed by atoms with van der Waals surface area (Å²) >= 11 is 1.43. The number of amidine groups is 1. The van der Waals surface area contributed by atoms with Gasteiger partial charge < -0.3 is 14.1 Å². The highest BCUT2D eigenvalue weighted by molar-refractivity contribution is 8.18. The molecule has 2 aliphatic heterocycles. The van der Waals surface area contributed by atoms with Crippen molar-refractivity contribution in [1.82, 2.24) is 4.90 Å². The van der Waals surface area contributed by atoms with E-state index < -0.39 is 0 Å². The molecule has 6 heteroatoms. The standard InChI is InChI=1S/C17H16N2O3S/c1-11-13(12-4-2-3-5-14(12)22-11)10-15-16(20)18-17(23-15)19-6-8-21-9-7-19/h2-5,10H,6-9H2,1H3. The number of carbonyl (C=O) groups excluding carboxylic acids is 1. The number of thioether (sulfide) groups is 1. The number of benzene rings is 1. The molecule has 0 radical (unpaired) electrons. The second kappa shape index (κ2) is 5.86. The monoisotopic (exact) mass is 328 g/mol. The average molecular weight is 328 g/mol. The molecular weight excluding hydrogens is 312 g/mol. The fourth-order valence-electron chi connectivity index (χ4n) is 2.79. The van der Waals surface area contributed by atoms with E-state index in [0.717, 1.165) is 40.6 Å². The van der Waals surface area contributed by atoms with Crippen LogP contribution in [0.1, 0.15) is 11.3 Å². The van der Waals surface area contributed by atoms with Gasteiger partial charge in [0.05, 0.1) is 18.1 Å². The molecule has 2 aliphatic rings. The number of carbonyl (C=O) groups is 1. The van der Waals surface area contributed by atoms with Gasteiger partial charge in [-0.3, -0.25) is 4.79 Å². The first-order valence-electron chi connectivity index (χ1n) is 7.56. The zero-order valence-corrected chi connectivity index (χ0v) is 13.6. The summed E-state index contributed by atoms with van der Waals surface area (Å²) in [5.74, 6) is 0.632. The fraction of sp³-hybridized carbons (Fsp3) is 0.294. The molecule has 0 unspecified atom stereocenters. The molecule has 3 heterocycles. The highest BCUT2D eigenvalue weighted by Gasteiger charge is 2.27. The van der Waals surface area contributed by atoms with Gasteiger partial charge in [-0.25, -0.2) is 0 Å². The number of nitrogens with zero attached hydrogens (tertiary/aromatic N) is 2. The lowest BCUT2D eigenvalue weighted by Crippen LogP contribution is -2.38. The van der Waals surface area contributed by atoms with Crippen molar-refractivity contribution >= 4 is 39.9 Å². The molecule has 0 spiro atoms. The average Bonchev–Trinajstić information content (AvgIpc) is 3.10. The van der Waals surface area contributed by atoms with Crippen LogP contribution in [0.25, 0.3) is 17.0 Å². The molecule has 1 amide bonds. The Kier molecular flexibility index (Phi) is 3.71. The molecule has 0 atom stereocenters. The quantitative estimate of drug-likeness (QED) is 0.753. The molecule has 2 aromatic rings. The molecule has 0 bridgehead atoms. The first-order chi connectivity index (χ1) is 11.2. The second-order valence-corrected chi connectivity index (χ2v) is 6.49. The first-order valence-corrected chi connectivity index (χ1v) is 8.37. The molecule has 4 rings (SSSR count). The van der Waals surface area contributed by atoms with Gasteiger partial charge in [-0.15, -0.1) is 0 Å². The predicted octanol–water partition coefficient (Wildman–Crippen LogP) is 3.04. The number of fused-ring (bicyclic) bond motifs is 1. The van der Waals surface area contributed by atoms with Gasteiger partial charge in [0.15, 0.2) is 5.17 Å². The third-order valence-corrected chi connectivity index (χ3v) is 5.03. The van der Waals surface area contributed by atoms with Crippen LogP contribution in [-0.2, 0) is 9.53 Å². The third kappa shape index (κ3) is 2.68. The minimum atomic E-state index is -0.179. The fourth-order valence-corrected chi connectivity index (χ4v) is 3.73. The van der Waals surface area contributed by atoms with Crippen LogP contribution in [0.4, 0.5) is 0 Å². The first kappa shape index (κ1) is 14.5. The molecule has 0 N–H and O–H groups in total. The Balaban J connectivity index is 1.64. The van der Waals surface area contributed by atoms with Crippen molar-refractivity contribution in [1.29, 1.82) is 0 Å². The molecule has 1 aromatic heterocycles. The molecule has 1 fully saturated rings. The van der Waals surface area contributed by atoms with Crippen molar-refractivity contribution in [2.75, 3.05) is 26.3 Å². The Labute approximate surface area is 138 Å². The highest BCUT2D eigenvalue weighted by Crippen LogP contribution is 2.34. The molecule has 1 saturated heterocycles. The van der Waals surface area contributed by atoms with Crippen LogP contribution < -0.4 is 0 Å². The van der Waals surface area contributed by atoms with Gasteiger partial charge in [0, 0.05) is 24.0 Å². The summed E-state index contributed by atoms with van der Waals surface area (Å²) in [5.41, 5.74) is 1.79. The van der Waals surface area contributed by atoms with Crippen LogP contribution in [0.15, 0.2) is 38.6 Å². The largest absolute Gasteiger partial charge is 0.461 e. The summed E-state index contributed by atoms with van der Waals surface area (Å²) in [6.45, 7) is 4.83. The number of aliphatic imine (C=N–C) groups is 1.